The van der Waals surface area contributed by atoms with Gasteiger partial charge in [0.25, 0.3) is 5.56 Å². The van der Waals surface area contributed by atoms with Crippen LogP contribution in [0, 0.1) is 0 Å². The maximum Gasteiger partial charge on any atom is 0.472 e. The van der Waals surface area contributed by atoms with E-state index < -0.39 is 82.5 Å². The van der Waals surface area contributed by atoms with Crippen molar-refractivity contribution in [1.82, 2.24) is 34.1 Å². The van der Waals surface area contributed by atoms with Gasteiger partial charge in [-0.05, 0) is 6.07 Å². The Balaban J connectivity index is 1.21. The molecule has 7 N–H and O–H groups in total. The van der Waals surface area contributed by atoms with E-state index in [1.807, 2.05) is 0 Å². The highest BCUT2D eigenvalue weighted by atomic mass is 32.7. The molecule has 0 radical (unpaired) electrons. The number of nitrogen functional groups attached to an aromatic ring is 2. The molecule has 0 amide bonds. The van der Waals surface area contributed by atoms with Crippen molar-refractivity contribution in [3.63, 3.8) is 0 Å². The number of aliphatic hydroxyl groups is 1. The summed E-state index contributed by atoms with van der Waals surface area (Å²) in [5, 5.41) is 11.1. The number of rotatable bonds is 2. The number of nitrogens with one attached hydrogen (secondary N) is 1. The Bertz CT molecular complexity index is 1940. The number of aromatic amines is 1. The molecule has 7 heterocycles. The number of phosphoric ester groups is 1. The number of nitrogens with two attached hydrogens (primary N) is 2. The third kappa shape index (κ3) is 5.44. The average Bonchev–Trinajstić information content (AvgIpc) is 3.72. The van der Waals surface area contributed by atoms with Crippen molar-refractivity contribution in [3.05, 3.63) is 35.3 Å². The van der Waals surface area contributed by atoms with Crippen LogP contribution in [0.3, 0.4) is 0 Å². The first kappa shape index (κ1) is 30.6. The predicted molar refractivity (Wildman–Crippen MR) is 151 cm³/mol. The van der Waals surface area contributed by atoms with Crippen LogP contribution in [0.1, 0.15) is 12.5 Å². The largest absolute Gasteiger partial charge is 0.472 e. The van der Waals surface area contributed by atoms with Gasteiger partial charge in [0.2, 0.25) is 5.95 Å². The molecule has 20 nitrogen and oxygen atoms in total. The zero-order valence-electron chi connectivity index (χ0n) is 22.5. The minimum atomic E-state index is -5.09. The van der Waals surface area contributed by atoms with E-state index in [1.165, 1.54) is 27.7 Å². The second-order valence-corrected chi connectivity index (χ2v) is 14.5. The lowest BCUT2D eigenvalue weighted by Crippen LogP contribution is -2.35. The number of nitrogens with zero attached hydrogens (tertiary/aromatic N) is 6. The number of hydrogen-bond donors (Lipinski definition) is 6. The fourth-order valence-electron chi connectivity index (χ4n) is 5.34. The first-order chi connectivity index (χ1) is 21.3. The number of alkyl halides is 1. The van der Waals surface area contributed by atoms with E-state index in [1.54, 1.807) is 0 Å². The number of phosphoric acid groups is 1. The second kappa shape index (κ2) is 11.1. The monoisotopic (exact) mass is 691 g/mol. The maximum atomic E-state index is 15.9. The molecule has 24 heteroatoms. The molecule has 0 aliphatic carbocycles. The number of aliphatic hydroxyl groups excluding tert-OH is 1. The second-order valence-electron chi connectivity index (χ2n) is 10.2. The smallest absolute Gasteiger partial charge is 0.397 e. The number of anilines is 2. The van der Waals surface area contributed by atoms with Gasteiger partial charge >= 0.3 is 14.6 Å². The minimum Gasteiger partial charge on any atom is -0.397 e. The van der Waals surface area contributed by atoms with Crippen molar-refractivity contribution in [2.45, 2.75) is 49.1 Å². The summed E-state index contributed by atoms with van der Waals surface area (Å²) >= 11 is 4.02. The van der Waals surface area contributed by atoms with Gasteiger partial charge in [0.05, 0.1) is 31.6 Å². The maximum absolute atomic E-state index is 15.9. The van der Waals surface area contributed by atoms with Crippen molar-refractivity contribution in [2.24, 2.45) is 0 Å². The molecule has 45 heavy (non-hydrogen) atoms. The average molecular weight is 691 g/mol. The molecule has 3 unspecified atom stereocenters. The van der Waals surface area contributed by atoms with Gasteiger partial charge < -0.3 is 30.9 Å². The Hall–Kier alpha value is -3.01. The molecule has 7 rings (SSSR count). The summed E-state index contributed by atoms with van der Waals surface area (Å²) in [6.45, 7) is -5.98. The molecule has 4 aromatic rings. The molecule has 0 saturated carbocycles. The van der Waals surface area contributed by atoms with Crippen LogP contribution in [-0.2, 0) is 36.7 Å². The quantitative estimate of drug-likeness (QED) is 0.121. The van der Waals surface area contributed by atoms with Gasteiger partial charge in [-0.15, -0.1) is 0 Å². The van der Waals surface area contributed by atoms with Gasteiger partial charge in [-0.1, -0.05) is 12.2 Å². The summed E-state index contributed by atoms with van der Waals surface area (Å²) in [5.41, 5.74) is 11.4. The van der Waals surface area contributed by atoms with Gasteiger partial charge in [-0.3, -0.25) is 37.0 Å². The van der Waals surface area contributed by atoms with Crippen LogP contribution < -0.4 is 17.0 Å². The lowest BCUT2D eigenvalue weighted by Gasteiger charge is -2.26. The summed E-state index contributed by atoms with van der Waals surface area (Å²) in [4.78, 5) is 41.5. The summed E-state index contributed by atoms with van der Waals surface area (Å²) in [6.07, 6.45) is -9.23. The van der Waals surface area contributed by atoms with Crippen LogP contribution in [0.25, 0.3) is 22.3 Å². The van der Waals surface area contributed by atoms with Gasteiger partial charge in [0.15, 0.2) is 35.4 Å². The van der Waals surface area contributed by atoms with Crippen molar-refractivity contribution >= 4 is 60.8 Å². The number of aromatic nitrogens is 7. The van der Waals surface area contributed by atoms with Crippen molar-refractivity contribution < 1.29 is 51.1 Å². The number of pyridine rings is 1. The van der Waals surface area contributed by atoms with Crippen molar-refractivity contribution in [2.75, 3.05) is 24.7 Å². The van der Waals surface area contributed by atoms with Gasteiger partial charge in [-0.2, -0.15) is 4.98 Å². The molecule has 3 aliphatic rings. The Labute approximate surface area is 255 Å². The lowest BCUT2D eigenvalue weighted by atomic mass is 10.1. The van der Waals surface area contributed by atoms with E-state index >= 15 is 4.39 Å². The van der Waals surface area contributed by atoms with Crippen LogP contribution in [0.5, 0.6) is 0 Å². The molecular weight excluding hydrogens is 667 g/mol. The van der Waals surface area contributed by atoms with Crippen molar-refractivity contribution in [1.29, 1.82) is 0 Å². The zero-order chi connectivity index (χ0) is 31.8. The van der Waals surface area contributed by atoms with Gasteiger partial charge in [0, 0.05) is 6.20 Å². The number of H-pyrrole nitrogens is 1. The standard InChI is InChI=1S/C21H24FN9O11P2S/c22-10-14-9(40-19(10)30-5-26-11-7(23)1-2-25-16(11)30)4-38-44(36,45)42-15-13(32)8(3-37-43(34,35)41-14)39-20(15)31-6-27-12-17(31)28-21(24)29-18(12)33/h1-2,5-6,8-10,13-15,19-20,32H,3-4H2,(H2,23,25)(H,34,35)(H,36,45)(H3,24,28,29,33)/t8-,9-,10+,13?,14?,15+,19-,20-,44+/m1/s1. The summed E-state index contributed by atoms with van der Waals surface area (Å²) in [7, 11) is -5.09. The van der Waals surface area contributed by atoms with Crippen LogP contribution >= 0.6 is 26.9 Å². The molecule has 2 bridgehead atoms. The Morgan fingerprint density at radius 3 is 2.44 bits per heavy atom. The SMILES string of the molecule is Nc1nc2c(ncn2[C@@H]2O[C@@H]3COP(=O)(O)OC4[C@@H](CO[P@](=O)(S)O[C@H]2C3O)O[C@@H](n2cnc3c(N)ccnc32)[C@H]4F)c(=O)[nH]1. The molecule has 0 aromatic carbocycles. The van der Waals surface area contributed by atoms with E-state index in [4.69, 9.17) is 39.0 Å². The van der Waals surface area contributed by atoms with Crippen LogP contribution in [-0.4, -0.2) is 94.0 Å². The summed E-state index contributed by atoms with van der Waals surface area (Å²) < 4.78 is 77.8. The van der Waals surface area contributed by atoms with E-state index in [0.29, 0.717) is 0 Å². The number of thiol groups is 1. The molecule has 3 aliphatic heterocycles. The highest BCUT2D eigenvalue weighted by Crippen LogP contribution is 2.58. The van der Waals surface area contributed by atoms with Crippen molar-refractivity contribution in [3.8, 4) is 0 Å². The number of imidazole rings is 2. The van der Waals surface area contributed by atoms with E-state index in [2.05, 4.69) is 37.2 Å². The Morgan fingerprint density at radius 2 is 1.67 bits per heavy atom. The van der Waals surface area contributed by atoms with Gasteiger partial charge in [-0.25, -0.2) is 28.5 Å². The molecule has 3 fully saturated rings. The van der Waals surface area contributed by atoms with Gasteiger partial charge in [0.1, 0.15) is 36.0 Å². The predicted octanol–water partition coefficient (Wildman–Crippen LogP) is 0.178. The highest BCUT2D eigenvalue weighted by Gasteiger charge is 2.54. The first-order valence-corrected chi connectivity index (χ1v) is 17.2. The Kier molecular flexibility index (Phi) is 7.53. The summed E-state index contributed by atoms with van der Waals surface area (Å²) in [6, 6.07) is 1.50. The highest BCUT2D eigenvalue weighted by molar-refractivity contribution is 8.44. The van der Waals surface area contributed by atoms with E-state index in [-0.39, 0.29) is 34.0 Å². The third-order valence-electron chi connectivity index (χ3n) is 7.38. The Morgan fingerprint density at radius 1 is 0.978 bits per heavy atom. The molecule has 3 saturated heterocycles. The molecule has 4 aromatic heterocycles. The fourth-order valence-corrected chi connectivity index (χ4v) is 7.76. The van der Waals surface area contributed by atoms with E-state index in [9.17, 15) is 23.9 Å². The molecule has 242 valence electrons. The first-order valence-electron chi connectivity index (χ1n) is 13.1. The topological polar surface area (TPSA) is 276 Å². The van der Waals surface area contributed by atoms with Crippen LogP contribution in [0.15, 0.2) is 29.7 Å². The van der Waals surface area contributed by atoms with E-state index in [0.717, 1.165) is 6.33 Å². The number of halogens is 1. The van der Waals surface area contributed by atoms with Crippen LogP contribution in [0.2, 0.25) is 0 Å². The molecule has 10 atom stereocenters. The minimum absolute atomic E-state index is 0.0821. The summed E-state index contributed by atoms with van der Waals surface area (Å²) in [5.74, 6) is -0.257. The van der Waals surface area contributed by atoms with Crippen LogP contribution in [0.4, 0.5) is 16.0 Å². The number of ether oxygens (including phenoxy) is 2. The number of hydrogen-bond acceptors (Lipinski definition) is 16. The normalized spacial score (nSPS) is 37.7. The number of fused-ring (bicyclic) bond motifs is 5. The fraction of sp³-hybridized carbons (Fsp3) is 0.476. The zero-order valence-corrected chi connectivity index (χ0v) is 25.2. The lowest BCUT2D eigenvalue weighted by molar-refractivity contribution is -0.0619. The molecular formula is C21H24FN9O11P2S. The molecule has 0 spiro atoms. The third-order valence-corrected chi connectivity index (χ3v) is 9.98.